The first kappa shape index (κ1) is 16.8. The molecule has 1 aliphatic heterocycles. The number of hydrogen-bond acceptors (Lipinski definition) is 4. The zero-order valence-corrected chi connectivity index (χ0v) is 15.5. The minimum Gasteiger partial charge on any atom is -0.358 e. The maximum absolute atomic E-state index is 12.9. The standard InChI is InChI=1S/C20H24N4O2/c1-12-4-5-13(2)19-18(12)16(14(3)22-19)10-17(25)24-8-6-15(7-9-24)20-21-11-26-23-20/h4-5,11,15,22H,6-10H2,1-3H3. The SMILES string of the molecule is Cc1[nH]c2c(C)ccc(C)c2c1CC(=O)N1CCC(c2ncon2)CC1. The van der Waals surface area contributed by atoms with Crippen LogP contribution >= 0.6 is 0 Å². The molecule has 1 fully saturated rings. The highest BCUT2D eigenvalue weighted by Crippen LogP contribution is 2.30. The zero-order valence-electron chi connectivity index (χ0n) is 15.5. The van der Waals surface area contributed by atoms with Crippen molar-refractivity contribution >= 4 is 16.8 Å². The zero-order chi connectivity index (χ0) is 18.3. The average Bonchev–Trinajstić information content (AvgIpc) is 3.28. The first-order valence-electron chi connectivity index (χ1n) is 9.16. The van der Waals surface area contributed by atoms with Gasteiger partial charge in [-0.1, -0.05) is 17.3 Å². The molecule has 1 saturated heterocycles. The molecule has 3 aromatic rings. The fourth-order valence-corrected chi connectivity index (χ4v) is 4.04. The second kappa shape index (κ2) is 6.59. The Morgan fingerprint density at radius 3 is 2.65 bits per heavy atom. The normalized spacial score (nSPS) is 15.7. The molecule has 0 spiro atoms. The number of amides is 1. The van der Waals surface area contributed by atoms with Gasteiger partial charge in [-0.25, -0.2) is 0 Å². The lowest BCUT2D eigenvalue weighted by molar-refractivity contribution is -0.131. The number of aromatic nitrogens is 3. The van der Waals surface area contributed by atoms with Crippen LogP contribution in [0.1, 0.15) is 47.0 Å². The number of nitrogens with one attached hydrogen (secondary N) is 1. The van der Waals surface area contributed by atoms with Gasteiger partial charge in [0.1, 0.15) is 0 Å². The summed E-state index contributed by atoms with van der Waals surface area (Å²) in [5.74, 6) is 1.25. The first-order chi connectivity index (χ1) is 12.5. The summed E-state index contributed by atoms with van der Waals surface area (Å²) in [6.45, 7) is 7.77. The van der Waals surface area contributed by atoms with Crippen LogP contribution in [0.2, 0.25) is 0 Å². The van der Waals surface area contributed by atoms with Crippen molar-refractivity contribution in [1.29, 1.82) is 0 Å². The Labute approximate surface area is 152 Å². The van der Waals surface area contributed by atoms with Crippen molar-refractivity contribution in [3.63, 3.8) is 0 Å². The number of carbonyl (C=O) groups excluding carboxylic acids is 1. The minimum absolute atomic E-state index is 0.196. The van der Waals surface area contributed by atoms with E-state index in [4.69, 9.17) is 4.52 Å². The van der Waals surface area contributed by atoms with Gasteiger partial charge in [-0.2, -0.15) is 4.98 Å². The van der Waals surface area contributed by atoms with Crippen LogP contribution < -0.4 is 0 Å². The highest BCUT2D eigenvalue weighted by atomic mass is 16.5. The Balaban J connectivity index is 1.50. The van der Waals surface area contributed by atoms with Crippen molar-refractivity contribution in [2.45, 2.75) is 46.0 Å². The lowest BCUT2D eigenvalue weighted by Crippen LogP contribution is -2.39. The quantitative estimate of drug-likeness (QED) is 0.784. The smallest absolute Gasteiger partial charge is 0.227 e. The van der Waals surface area contributed by atoms with Gasteiger partial charge in [0, 0.05) is 35.6 Å². The second-order valence-corrected chi connectivity index (χ2v) is 7.30. The Bertz CT molecular complexity index is 935. The highest BCUT2D eigenvalue weighted by molar-refractivity contribution is 5.93. The van der Waals surface area contributed by atoms with E-state index in [1.165, 1.54) is 22.9 Å². The maximum Gasteiger partial charge on any atom is 0.227 e. The molecule has 0 unspecified atom stereocenters. The van der Waals surface area contributed by atoms with Crippen LogP contribution in [0.25, 0.3) is 10.9 Å². The third-order valence-corrected chi connectivity index (χ3v) is 5.61. The lowest BCUT2D eigenvalue weighted by Gasteiger charge is -2.30. The van der Waals surface area contributed by atoms with Crippen LogP contribution in [-0.2, 0) is 11.2 Å². The predicted molar refractivity (Wildman–Crippen MR) is 99.1 cm³/mol. The van der Waals surface area contributed by atoms with Crippen molar-refractivity contribution in [2.24, 2.45) is 0 Å². The van der Waals surface area contributed by atoms with E-state index in [-0.39, 0.29) is 11.8 Å². The van der Waals surface area contributed by atoms with Crippen LogP contribution in [0.4, 0.5) is 0 Å². The molecule has 136 valence electrons. The molecule has 6 heteroatoms. The Morgan fingerprint density at radius 1 is 1.23 bits per heavy atom. The molecule has 2 aromatic heterocycles. The number of benzene rings is 1. The van der Waals surface area contributed by atoms with Gasteiger partial charge in [-0.05, 0) is 50.3 Å². The van der Waals surface area contributed by atoms with Gasteiger partial charge in [0.2, 0.25) is 12.3 Å². The van der Waals surface area contributed by atoms with Gasteiger partial charge in [0.15, 0.2) is 5.82 Å². The van der Waals surface area contributed by atoms with Crippen molar-refractivity contribution in [1.82, 2.24) is 20.0 Å². The molecule has 1 amide bonds. The fourth-order valence-electron chi connectivity index (χ4n) is 4.04. The molecule has 0 atom stereocenters. The molecule has 0 radical (unpaired) electrons. The van der Waals surface area contributed by atoms with E-state index in [1.54, 1.807) is 0 Å². The molecule has 26 heavy (non-hydrogen) atoms. The number of rotatable bonds is 3. The largest absolute Gasteiger partial charge is 0.358 e. The van der Waals surface area contributed by atoms with Gasteiger partial charge in [-0.3, -0.25) is 4.79 Å². The van der Waals surface area contributed by atoms with E-state index < -0.39 is 0 Å². The van der Waals surface area contributed by atoms with Gasteiger partial charge in [-0.15, -0.1) is 0 Å². The second-order valence-electron chi connectivity index (χ2n) is 7.30. The number of likely N-dealkylation sites (tertiary alicyclic amines) is 1. The number of aryl methyl sites for hydroxylation is 3. The first-order valence-corrected chi connectivity index (χ1v) is 9.16. The van der Waals surface area contributed by atoms with Gasteiger partial charge in [0.25, 0.3) is 0 Å². The number of H-pyrrole nitrogens is 1. The molecular formula is C20H24N4O2. The maximum atomic E-state index is 12.9. The molecule has 0 saturated carbocycles. The summed E-state index contributed by atoms with van der Waals surface area (Å²) in [5, 5.41) is 5.15. The third-order valence-electron chi connectivity index (χ3n) is 5.61. The third kappa shape index (κ3) is 2.89. The van der Waals surface area contributed by atoms with Crippen LogP contribution in [-0.4, -0.2) is 39.0 Å². The minimum atomic E-state index is 0.196. The van der Waals surface area contributed by atoms with Gasteiger partial charge >= 0.3 is 0 Å². The van der Waals surface area contributed by atoms with E-state index in [9.17, 15) is 4.79 Å². The van der Waals surface area contributed by atoms with Gasteiger partial charge < -0.3 is 14.4 Å². The summed E-state index contributed by atoms with van der Waals surface area (Å²) < 4.78 is 4.84. The summed E-state index contributed by atoms with van der Waals surface area (Å²) in [6, 6.07) is 4.26. The van der Waals surface area contributed by atoms with E-state index >= 15 is 0 Å². The van der Waals surface area contributed by atoms with Crippen molar-refractivity contribution in [3.05, 3.63) is 46.7 Å². The Hall–Kier alpha value is -2.63. The molecule has 0 bridgehead atoms. The summed E-state index contributed by atoms with van der Waals surface area (Å²) in [5.41, 5.74) is 5.81. The van der Waals surface area contributed by atoms with Gasteiger partial charge in [0.05, 0.1) is 6.42 Å². The lowest BCUT2D eigenvalue weighted by atomic mass is 9.95. The molecule has 1 aromatic carbocycles. The predicted octanol–water partition coefficient (Wildman–Crippen LogP) is 3.42. The number of carbonyl (C=O) groups is 1. The molecular weight excluding hydrogens is 328 g/mol. The van der Waals surface area contributed by atoms with E-state index in [1.807, 2.05) is 4.90 Å². The van der Waals surface area contributed by atoms with E-state index in [0.717, 1.165) is 48.5 Å². The van der Waals surface area contributed by atoms with Crippen LogP contribution in [0.15, 0.2) is 23.0 Å². The number of aromatic amines is 1. The Kier molecular flexibility index (Phi) is 4.26. The number of hydrogen-bond donors (Lipinski definition) is 1. The molecule has 0 aliphatic carbocycles. The summed E-state index contributed by atoms with van der Waals surface area (Å²) in [7, 11) is 0. The van der Waals surface area contributed by atoms with Crippen LogP contribution in [0, 0.1) is 20.8 Å². The summed E-state index contributed by atoms with van der Waals surface area (Å²) >= 11 is 0. The number of nitrogens with zero attached hydrogens (tertiary/aromatic N) is 3. The van der Waals surface area contributed by atoms with Crippen LogP contribution in [0.5, 0.6) is 0 Å². The molecule has 1 N–H and O–H groups in total. The van der Waals surface area contributed by atoms with E-state index in [0.29, 0.717) is 6.42 Å². The van der Waals surface area contributed by atoms with E-state index in [2.05, 4.69) is 48.0 Å². The van der Waals surface area contributed by atoms with Crippen molar-refractivity contribution in [2.75, 3.05) is 13.1 Å². The summed E-state index contributed by atoms with van der Waals surface area (Å²) in [6.07, 6.45) is 3.59. The van der Waals surface area contributed by atoms with Crippen LogP contribution in [0.3, 0.4) is 0 Å². The Morgan fingerprint density at radius 2 is 1.96 bits per heavy atom. The molecule has 6 nitrogen and oxygen atoms in total. The van der Waals surface area contributed by atoms with Crippen molar-refractivity contribution in [3.8, 4) is 0 Å². The highest BCUT2D eigenvalue weighted by Gasteiger charge is 2.27. The monoisotopic (exact) mass is 352 g/mol. The number of fused-ring (bicyclic) bond motifs is 1. The van der Waals surface area contributed by atoms with Crippen molar-refractivity contribution < 1.29 is 9.32 Å². The molecule has 3 heterocycles. The topological polar surface area (TPSA) is 75.0 Å². The summed E-state index contributed by atoms with van der Waals surface area (Å²) in [4.78, 5) is 22.5. The molecule has 4 rings (SSSR count). The average molecular weight is 352 g/mol. The fraction of sp³-hybridized carbons (Fsp3) is 0.450. The number of piperidine rings is 1. The molecule has 1 aliphatic rings.